The number of nitrogens with zero attached hydrogens (tertiary/aromatic N) is 2. The molecule has 1 aromatic rings. The molecule has 5 nitrogen and oxygen atoms in total. The molecule has 0 bridgehead atoms. The molecule has 1 rings (SSSR count). The molecular formula is C11H20N4OS. The van der Waals surface area contributed by atoms with Gasteiger partial charge >= 0.3 is 0 Å². The summed E-state index contributed by atoms with van der Waals surface area (Å²) in [5, 5.41) is 6.27. The van der Waals surface area contributed by atoms with Crippen LogP contribution in [0.15, 0.2) is 6.33 Å². The Morgan fingerprint density at radius 3 is 2.59 bits per heavy atom. The van der Waals surface area contributed by atoms with Crippen molar-refractivity contribution in [1.29, 1.82) is 0 Å². The van der Waals surface area contributed by atoms with Gasteiger partial charge in [0.15, 0.2) is 0 Å². The Labute approximate surface area is 105 Å². The summed E-state index contributed by atoms with van der Waals surface area (Å²) in [6.45, 7) is 4.67. The van der Waals surface area contributed by atoms with E-state index in [1.165, 1.54) is 6.33 Å². The third-order valence-corrected chi connectivity index (χ3v) is 3.78. The van der Waals surface area contributed by atoms with E-state index in [4.69, 9.17) is 0 Å². The van der Waals surface area contributed by atoms with Crippen molar-refractivity contribution in [2.24, 2.45) is 0 Å². The molecule has 0 radical (unpaired) electrons. The number of rotatable bonds is 7. The smallest absolute Gasteiger partial charge is 0.134 e. The lowest BCUT2D eigenvalue weighted by Crippen LogP contribution is -2.15. The second kappa shape index (κ2) is 7.21. The van der Waals surface area contributed by atoms with E-state index in [1.807, 2.05) is 14.0 Å². The van der Waals surface area contributed by atoms with E-state index in [9.17, 15) is 4.21 Å². The number of hydrogen-bond acceptors (Lipinski definition) is 5. The Kier molecular flexibility index (Phi) is 5.90. The van der Waals surface area contributed by atoms with Gasteiger partial charge in [-0.25, -0.2) is 9.97 Å². The van der Waals surface area contributed by atoms with Crippen LogP contribution in [0.2, 0.25) is 0 Å². The van der Waals surface area contributed by atoms with Crippen molar-refractivity contribution in [2.45, 2.75) is 20.3 Å². The predicted molar refractivity (Wildman–Crippen MR) is 73.0 cm³/mol. The van der Waals surface area contributed by atoms with Crippen LogP contribution in [0.5, 0.6) is 0 Å². The van der Waals surface area contributed by atoms with Crippen LogP contribution < -0.4 is 10.6 Å². The Bertz CT molecular complexity index is 384. The molecule has 1 unspecified atom stereocenters. The fourth-order valence-corrected chi connectivity index (χ4v) is 2.16. The van der Waals surface area contributed by atoms with Crippen LogP contribution in [0.25, 0.3) is 0 Å². The first-order chi connectivity index (χ1) is 8.22. The van der Waals surface area contributed by atoms with Gasteiger partial charge in [0, 0.05) is 41.5 Å². The monoisotopic (exact) mass is 256 g/mol. The van der Waals surface area contributed by atoms with Crippen LogP contribution in [-0.2, 0) is 17.2 Å². The third-order valence-electron chi connectivity index (χ3n) is 2.48. The van der Waals surface area contributed by atoms with Gasteiger partial charge in [0.1, 0.15) is 18.0 Å². The second-order valence-electron chi connectivity index (χ2n) is 3.51. The molecule has 2 N–H and O–H groups in total. The third kappa shape index (κ3) is 3.96. The van der Waals surface area contributed by atoms with Crippen LogP contribution >= 0.6 is 0 Å². The zero-order valence-corrected chi connectivity index (χ0v) is 11.4. The lowest BCUT2D eigenvalue weighted by atomic mass is 10.2. The average molecular weight is 256 g/mol. The van der Waals surface area contributed by atoms with E-state index in [0.717, 1.165) is 23.6 Å². The average Bonchev–Trinajstić information content (AvgIpc) is 2.37. The Morgan fingerprint density at radius 1 is 1.29 bits per heavy atom. The SMILES string of the molecule is CCc1c(NC)ncnc1NCCS(=O)CC. The minimum Gasteiger partial charge on any atom is -0.373 e. The van der Waals surface area contributed by atoms with Crippen molar-refractivity contribution < 1.29 is 4.21 Å². The van der Waals surface area contributed by atoms with Gasteiger partial charge in [-0.05, 0) is 6.42 Å². The molecule has 0 saturated heterocycles. The highest BCUT2D eigenvalue weighted by Crippen LogP contribution is 2.19. The minimum absolute atomic E-state index is 0.651. The summed E-state index contributed by atoms with van der Waals surface area (Å²) in [6.07, 6.45) is 2.39. The molecule has 0 aliphatic rings. The Balaban J connectivity index is 2.67. The van der Waals surface area contributed by atoms with Gasteiger partial charge in [-0.2, -0.15) is 0 Å². The van der Waals surface area contributed by atoms with Crippen LogP contribution in [0.1, 0.15) is 19.4 Å². The van der Waals surface area contributed by atoms with Crippen molar-refractivity contribution in [3.8, 4) is 0 Å². The largest absolute Gasteiger partial charge is 0.373 e. The standard InChI is InChI=1S/C11H20N4OS/c1-4-9-10(12-3)14-8-15-11(9)13-6-7-17(16)5-2/h8H,4-7H2,1-3H3,(H2,12,13,14,15). The first kappa shape index (κ1) is 13.9. The normalized spacial score (nSPS) is 12.2. The molecule has 0 fully saturated rings. The van der Waals surface area contributed by atoms with E-state index in [0.29, 0.717) is 18.1 Å². The van der Waals surface area contributed by atoms with Crippen molar-refractivity contribution in [3.05, 3.63) is 11.9 Å². The van der Waals surface area contributed by atoms with Crippen LogP contribution in [-0.4, -0.2) is 39.3 Å². The highest BCUT2D eigenvalue weighted by atomic mass is 32.2. The molecule has 0 amide bonds. The van der Waals surface area contributed by atoms with Gasteiger partial charge in [-0.1, -0.05) is 13.8 Å². The number of nitrogens with one attached hydrogen (secondary N) is 2. The maximum absolute atomic E-state index is 11.3. The molecule has 0 spiro atoms. The summed E-state index contributed by atoms with van der Waals surface area (Å²) in [4.78, 5) is 8.39. The maximum Gasteiger partial charge on any atom is 0.134 e. The summed E-state index contributed by atoms with van der Waals surface area (Å²) in [5.41, 5.74) is 1.07. The van der Waals surface area contributed by atoms with E-state index < -0.39 is 10.8 Å². The molecule has 96 valence electrons. The lowest BCUT2D eigenvalue weighted by Gasteiger charge is -2.12. The lowest BCUT2D eigenvalue weighted by molar-refractivity contribution is 0.684. The van der Waals surface area contributed by atoms with Gasteiger partial charge in [0.2, 0.25) is 0 Å². The van der Waals surface area contributed by atoms with E-state index in [-0.39, 0.29) is 0 Å². The molecular weight excluding hydrogens is 236 g/mol. The summed E-state index contributed by atoms with van der Waals surface area (Å²) >= 11 is 0. The fraction of sp³-hybridized carbons (Fsp3) is 0.636. The Hall–Kier alpha value is -1.17. The molecule has 1 aromatic heterocycles. The highest BCUT2D eigenvalue weighted by Gasteiger charge is 2.08. The van der Waals surface area contributed by atoms with Crippen molar-refractivity contribution in [3.63, 3.8) is 0 Å². The quantitative estimate of drug-likeness (QED) is 0.769. The van der Waals surface area contributed by atoms with E-state index in [1.54, 1.807) is 0 Å². The van der Waals surface area contributed by atoms with E-state index >= 15 is 0 Å². The summed E-state index contributed by atoms with van der Waals surface area (Å²) < 4.78 is 11.3. The maximum atomic E-state index is 11.3. The number of aromatic nitrogens is 2. The second-order valence-corrected chi connectivity index (χ2v) is 5.38. The van der Waals surface area contributed by atoms with Gasteiger partial charge in [-0.15, -0.1) is 0 Å². The van der Waals surface area contributed by atoms with Crippen molar-refractivity contribution in [2.75, 3.05) is 35.7 Å². The van der Waals surface area contributed by atoms with Crippen molar-refractivity contribution >= 4 is 22.4 Å². The van der Waals surface area contributed by atoms with Crippen LogP contribution in [0, 0.1) is 0 Å². The number of hydrogen-bond donors (Lipinski definition) is 2. The van der Waals surface area contributed by atoms with Gasteiger partial charge < -0.3 is 10.6 Å². The van der Waals surface area contributed by atoms with Crippen LogP contribution in [0.3, 0.4) is 0 Å². The zero-order chi connectivity index (χ0) is 12.7. The molecule has 6 heteroatoms. The van der Waals surface area contributed by atoms with Crippen LogP contribution in [0.4, 0.5) is 11.6 Å². The van der Waals surface area contributed by atoms with E-state index in [2.05, 4.69) is 27.5 Å². The molecule has 1 heterocycles. The first-order valence-corrected chi connectivity index (χ1v) is 7.32. The highest BCUT2D eigenvalue weighted by molar-refractivity contribution is 7.84. The summed E-state index contributed by atoms with van der Waals surface area (Å²) in [6, 6.07) is 0. The topological polar surface area (TPSA) is 66.9 Å². The first-order valence-electron chi connectivity index (χ1n) is 5.83. The Morgan fingerprint density at radius 2 is 2.00 bits per heavy atom. The van der Waals surface area contributed by atoms with Gasteiger partial charge in [-0.3, -0.25) is 4.21 Å². The molecule has 0 aliphatic carbocycles. The molecule has 0 saturated carbocycles. The molecule has 0 aliphatic heterocycles. The van der Waals surface area contributed by atoms with Crippen molar-refractivity contribution in [1.82, 2.24) is 9.97 Å². The predicted octanol–water partition coefficient (Wildman–Crippen LogP) is 1.26. The fourth-order valence-electron chi connectivity index (χ4n) is 1.54. The number of anilines is 2. The summed E-state index contributed by atoms with van der Waals surface area (Å²) in [7, 11) is 1.11. The van der Waals surface area contributed by atoms with Gasteiger partial charge in [0.25, 0.3) is 0 Å². The van der Waals surface area contributed by atoms with Gasteiger partial charge in [0.05, 0.1) is 0 Å². The zero-order valence-electron chi connectivity index (χ0n) is 10.6. The minimum atomic E-state index is -0.738. The summed E-state index contributed by atoms with van der Waals surface area (Å²) in [5.74, 6) is 3.04. The molecule has 0 aromatic carbocycles. The molecule has 17 heavy (non-hydrogen) atoms. The molecule has 1 atom stereocenters.